The first-order valence-corrected chi connectivity index (χ1v) is 11.9. The van der Waals surface area contributed by atoms with Gasteiger partial charge in [-0.15, -0.1) is 0 Å². The van der Waals surface area contributed by atoms with Crippen LogP contribution >= 0.6 is 0 Å². The molecule has 1 aromatic carbocycles. The average molecular weight is 421 g/mol. The van der Waals surface area contributed by atoms with Crippen LogP contribution in [0.3, 0.4) is 0 Å². The van der Waals surface area contributed by atoms with Crippen molar-refractivity contribution in [1.29, 1.82) is 0 Å². The summed E-state index contributed by atoms with van der Waals surface area (Å²) in [7, 11) is 6.39. The van der Waals surface area contributed by atoms with Crippen molar-refractivity contribution in [3.63, 3.8) is 0 Å². The Morgan fingerprint density at radius 3 is 2.52 bits per heavy atom. The molecule has 2 saturated heterocycles. The molecule has 31 heavy (non-hydrogen) atoms. The fraction of sp³-hybridized carbons (Fsp3) is 0.577. The van der Waals surface area contributed by atoms with E-state index >= 15 is 0 Å². The zero-order valence-corrected chi connectivity index (χ0v) is 19.3. The molecule has 1 aromatic heterocycles. The molecule has 0 amide bonds. The maximum Gasteiger partial charge on any atom is 0.258 e. The maximum absolute atomic E-state index is 13.6. The predicted octanol–water partition coefficient (Wildman–Crippen LogP) is 3.09. The number of rotatable bonds is 4. The molecule has 2 fully saturated rings. The minimum Gasteiger partial charge on any atom is -0.311 e. The van der Waals surface area contributed by atoms with Crippen molar-refractivity contribution >= 4 is 0 Å². The number of aromatic nitrogens is 1. The van der Waals surface area contributed by atoms with E-state index in [2.05, 4.69) is 70.7 Å². The Balaban J connectivity index is 1.44. The number of piperidine rings is 2. The van der Waals surface area contributed by atoms with E-state index in [1.54, 1.807) is 0 Å². The van der Waals surface area contributed by atoms with Crippen molar-refractivity contribution in [1.82, 2.24) is 19.3 Å². The number of fused-ring (bicyclic) bond motifs is 4. The summed E-state index contributed by atoms with van der Waals surface area (Å²) in [5.74, 6) is 1.09. The second kappa shape index (κ2) is 8.53. The number of hydrogen-bond donors (Lipinski definition) is 0. The van der Waals surface area contributed by atoms with E-state index in [-0.39, 0.29) is 5.56 Å². The van der Waals surface area contributed by atoms with Crippen molar-refractivity contribution < 1.29 is 0 Å². The van der Waals surface area contributed by atoms with E-state index in [4.69, 9.17) is 0 Å². The number of nitrogens with zero attached hydrogens (tertiary/aromatic N) is 4. The summed E-state index contributed by atoms with van der Waals surface area (Å²) in [6.45, 7) is 6.40. The van der Waals surface area contributed by atoms with Crippen molar-refractivity contribution in [2.45, 2.75) is 44.3 Å². The first-order chi connectivity index (χ1) is 15.0. The van der Waals surface area contributed by atoms with Gasteiger partial charge in [-0.2, -0.15) is 0 Å². The Kier molecular flexibility index (Phi) is 5.76. The lowest BCUT2D eigenvalue weighted by molar-refractivity contribution is 0.0517. The Hall–Kier alpha value is -1.95. The molecule has 5 rings (SSSR count). The first-order valence-electron chi connectivity index (χ1n) is 11.9. The molecular formula is C26H36N4O. The lowest BCUT2D eigenvalue weighted by Crippen LogP contribution is -2.53. The summed E-state index contributed by atoms with van der Waals surface area (Å²) < 4.78 is 2.12. The molecule has 4 heterocycles. The lowest BCUT2D eigenvalue weighted by Gasteiger charge is -2.47. The molecule has 3 aliphatic heterocycles. The normalized spacial score (nSPS) is 25.0. The quantitative estimate of drug-likeness (QED) is 0.761. The van der Waals surface area contributed by atoms with Gasteiger partial charge in [0.25, 0.3) is 5.56 Å². The summed E-state index contributed by atoms with van der Waals surface area (Å²) in [4.78, 5) is 21.0. The van der Waals surface area contributed by atoms with Gasteiger partial charge in [0.2, 0.25) is 0 Å². The van der Waals surface area contributed by atoms with Crippen LogP contribution in [0.25, 0.3) is 11.1 Å². The third-order valence-corrected chi connectivity index (χ3v) is 7.63. The SMILES string of the molecule is CN(C)Cc1ccccc1-c1ccc2n(c1=O)C[C@@H]1C[C@@H]2CN(C2CCN(C)CC2)C1. The lowest BCUT2D eigenvalue weighted by atomic mass is 9.81. The van der Waals surface area contributed by atoms with Gasteiger partial charge >= 0.3 is 0 Å². The molecule has 5 nitrogen and oxygen atoms in total. The third kappa shape index (κ3) is 4.11. The van der Waals surface area contributed by atoms with Crippen molar-refractivity contribution in [2.75, 3.05) is 47.3 Å². The van der Waals surface area contributed by atoms with E-state index < -0.39 is 0 Å². The molecule has 2 aromatic rings. The molecule has 0 saturated carbocycles. The van der Waals surface area contributed by atoms with Gasteiger partial charge in [-0.05, 0) is 82.7 Å². The van der Waals surface area contributed by atoms with Crippen molar-refractivity contribution in [3.8, 4) is 11.1 Å². The van der Waals surface area contributed by atoms with Gasteiger partial charge in [0, 0.05) is 49.4 Å². The number of benzene rings is 1. The zero-order valence-electron chi connectivity index (χ0n) is 19.3. The smallest absolute Gasteiger partial charge is 0.258 e. The van der Waals surface area contributed by atoms with Gasteiger partial charge in [-0.25, -0.2) is 0 Å². The first kappa shape index (κ1) is 20.9. The second-order valence-corrected chi connectivity index (χ2v) is 10.3. The average Bonchev–Trinajstić information content (AvgIpc) is 2.75. The molecule has 0 aliphatic carbocycles. The zero-order chi connectivity index (χ0) is 21.5. The van der Waals surface area contributed by atoms with Crippen LogP contribution in [0.1, 0.15) is 36.4 Å². The predicted molar refractivity (Wildman–Crippen MR) is 126 cm³/mol. The summed E-state index contributed by atoms with van der Waals surface area (Å²) in [5.41, 5.74) is 4.61. The van der Waals surface area contributed by atoms with E-state index in [1.807, 2.05) is 6.07 Å². The van der Waals surface area contributed by atoms with Gasteiger partial charge in [-0.3, -0.25) is 9.69 Å². The molecule has 0 spiro atoms. The van der Waals surface area contributed by atoms with Crippen molar-refractivity contribution in [2.24, 2.45) is 5.92 Å². The molecular weight excluding hydrogens is 384 g/mol. The number of pyridine rings is 1. The summed E-state index contributed by atoms with van der Waals surface area (Å²) in [6.07, 6.45) is 3.80. The Morgan fingerprint density at radius 1 is 0.968 bits per heavy atom. The monoisotopic (exact) mass is 420 g/mol. The maximum atomic E-state index is 13.6. The molecule has 0 N–H and O–H groups in total. The number of likely N-dealkylation sites (tertiary alicyclic amines) is 2. The topological polar surface area (TPSA) is 31.7 Å². The molecule has 5 heteroatoms. The molecule has 2 atom stereocenters. The highest BCUT2D eigenvalue weighted by Gasteiger charge is 2.37. The van der Waals surface area contributed by atoms with Crippen LogP contribution in [-0.4, -0.2) is 72.6 Å². The van der Waals surface area contributed by atoms with Crippen LogP contribution < -0.4 is 5.56 Å². The van der Waals surface area contributed by atoms with Gasteiger partial charge in [0.15, 0.2) is 0 Å². The van der Waals surface area contributed by atoms with Gasteiger partial charge < -0.3 is 14.4 Å². The van der Waals surface area contributed by atoms with Crippen LogP contribution in [0.15, 0.2) is 41.2 Å². The van der Waals surface area contributed by atoms with E-state index in [9.17, 15) is 4.79 Å². The molecule has 3 aliphatic rings. The van der Waals surface area contributed by atoms with Crippen LogP contribution in [0.5, 0.6) is 0 Å². The fourth-order valence-electron chi connectivity index (χ4n) is 6.11. The summed E-state index contributed by atoms with van der Waals surface area (Å²) in [6, 6.07) is 13.4. The van der Waals surface area contributed by atoms with Gasteiger partial charge in [-0.1, -0.05) is 24.3 Å². The van der Waals surface area contributed by atoms with E-state index in [0.717, 1.165) is 43.3 Å². The van der Waals surface area contributed by atoms with Crippen LogP contribution in [0.4, 0.5) is 0 Å². The second-order valence-electron chi connectivity index (χ2n) is 10.3. The fourth-order valence-corrected chi connectivity index (χ4v) is 6.11. The van der Waals surface area contributed by atoms with E-state index in [1.165, 1.54) is 43.6 Å². The minimum absolute atomic E-state index is 0.200. The molecule has 2 bridgehead atoms. The Morgan fingerprint density at radius 2 is 1.74 bits per heavy atom. The standard InChI is InChI=1S/C26H36N4O/c1-27(2)17-20-6-4-5-7-23(20)24-8-9-25-21-14-19(16-30(25)26(24)31)15-29(18-21)22-10-12-28(3)13-11-22/h4-9,19,21-22H,10-18H2,1-3H3/t19-,21-/m1/s1. The van der Waals surface area contributed by atoms with Gasteiger partial charge in [0.05, 0.1) is 0 Å². The van der Waals surface area contributed by atoms with E-state index in [0.29, 0.717) is 11.8 Å². The van der Waals surface area contributed by atoms with Gasteiger partial charge in [0.1, 0.15) is 0 Å². The van der Waals surface area contributed by atoms with Crippen LogP contribution in [0, 0.1) is 5.92 Å². The largest absolute Gasteiger partial charge is 0.311 e. The highest BCUT2D eigenvalue weighted by Crippen LogP contribution is 2.37. The van der Waals surface area contributed by atoms with Crippen LogP contribution in [0.2, 0.25) is 0 Å². The molecule has 166 valence electrons. The molecule has 0 unspecified atom stereocenters. The minimum atomic E-state index is 0.200. The Bertz CT molecular complexity index is 989. The van der Waals surface area contributed by atoms with Crippen LogP contribution in [-0.2, 0) is 13.1 Å². The highest BCUT2D eigenvalue weighted by molar-refractivity contribution is 5.66. The third-order valence-electron chi connectivity index (χ3n) is 7.63. The summed E-state index contributed by atoms with van der Waals surface area (Å²) >= 11 is 0. The Labute approximate surface area is 186 Å². The van der Waals surface area contributed by atoms with Crippen molar-refractivity contribution in [3.05, 3.63) is 58.0 Å². The number of hydrogen-bond acceptors (Lipinski definition) is 4. The molecule has 0 radical (unpaired) electrons. The highest BCUT2D eigenvalue weighted by atomic mass is 16.1. The summed E-state index contributed by atoms with van der Waals surface area (Å²) in [5, 5.41) is 0.